The maximum absolute atomic E-state index is 13.1. The largest absolute Gasteiger partial charge is 0.507 e. The Hall–Kier alpha value is -4.66. The number of para-hydroxylation sites is 1. The molecule has 3 aromatic rings. The van der Waals surface area contributed by atoms with Gasteiger partial charge in [-0.05, 0) is 42.0 Å². The minimum absolute atomic E-state index is 0.126. The maximum atomic E-state index is 13.1. The van der Waals surface area contributed by atoms with Gasteiger partial charge in [0.1, 0.15) is 5.76 Å². The molecule has 9 heteroatoms. The van der Waals surface area contributed by atoms with Crippen molar-refractivity contribution in [3.05, 3.63) is 99.6 Å². The second-order valence-corrected chi connectivity index (χ2v) is 7.24. The second kappa shape index (κ2) is 8.46. The summed E-state index contributed by atoms with van der Waals surface area (Å²) in [5.41, 5.74) is 0.611. The highest BCUT2D eigenvalue weighted by molar-refractivity contribution is 6.51. The molecular weight excluding hydrogens is 428 g/mol. The van der Waals surface area contributed by atoms with Crippen molar-refractivity contribution in [3.63, 3.8) is 0 Å². The molecule has 0 unspecified atom stereocenters. The maximum Gasteiger partial charge on any atom is 0.300 e. The number of anilines is 1. The van der Waals surface area contributed by atoms with Gasteiger partial charge in [-0.2, -0.15) is 0 Å². The van der Waals surface area contributed by atoms with Crippen molar-refractivity contribution in [3.8, 4) is 11.5 Å². The van der Waals surface area contributed by atoms with Crippen LogP contribution < -0.4 is 9.64 Å². The van der Waals surface area contributed by atoms with Gasteiger partial charge in [0.25, 0.3) is 17.4 Å². The molecule has 0 aliphatic carbocycles. The van der Waals surface area contributed by atoms with Crippen molar-refractivity contribution in [2.45, 2.75) is 6.04 Å². The van der Waals surface area contributed by atoms with E-state index in [2.05, 4.69) is 0 Å². The van der Waals surface area contributed by atoms with Crippen LogP contribution >= 0.6 is 0 Å². The molecule has 3 aromatic carbocycles. The number of Topliss-reactive ketones (excluding diaryl/α,β-unsaturated/α-hetero) is 1. The number of benzene rings is 3. The van der Waals surface area contributed by atoms with Gasteiger partial charge in [0.15, 0.2) is 11.5 Å². The second-order valence-electron chi connectivity index (χ2n) is 7.24. The lowest BCUT2D eigenvalue weighted by atomic mass is 9.94. The number of hydrogen-bond acceptors (Lipinski definition) is 7. The van der Waals surface area contributed by atoms with E-state index in [9.17, 15) is 29.9 Å². The predicted octanol–water partition coefficient (Wildman–Crippen LogP) is 3.94. The first-order valence-electron chi connectivity index (χ1n) is 9.81. The number of non-ortho nitro benzene ring substituents is 1. The molecular formula is C24H18N2O7. The molecule has 0 aromatic heterocycles. The first-order chi connectivity index (χ1) is 15.8. The standard InChI is InChI=1S/C24H18N2O7/c1-33-19-13-15(9-12-18(19)27)21-20(22(28)14-7-10-17(11-8-14)26(31)32)23(29)24(30)25(21)16-5-3-2-4-6-16/h2-13,21,27-28H,1H3/b22-20+/t21-/m0/s1. The number of aliphatic hydroxyl groups is 1. The third kappa shape index (κ3) is 3.76. The van der Waals surface area contributed by atoms with Crippen molar-refractivity contribution < 1.29 is 29.5 Å². The number of phenols is 1. The Labute approximate surface area is 187 Å². The summed E-state index contributed by atoms with van der Waals surface area (Å²) in [4.78, 5) is 37.8. The summed E-state index contributed by atoms with van der Waals surface area (Å²) in [7, 11) is 1.36. The van der Waals surface area contributed by atoms with Crippen LogP contribution in [0.15, 0.2) is 78.4 Å². The first kappa shape index (κ1) is 21.6. The van der Waals surface area contributed by atoms with Crippen molar-refractivity contribution >= 4 is 28.8 Å². The molecule has 0 saturated carbocycles. The number of amides is 1. The predicted molar refractivity (Wildman–Crippen MR) is 119 cm³/mol. The zero-order valence-electron chi connectivity index (χ0n) is 17.3. The number of nitro groups is 1. The molecule has 2 N–H and O–H groups in total. The van der Waals surface area contributed by atoms with E-state index < -0.39 is 28.4 Å². The fraction of sp³-hybridized carbons (Fsp3) is 0.0833. The van der Waals surface area contributed by atoms with Crippen LogP contribution in [0.5, 0.6) is 11.5 Å². The number of methoxy groups -OCH3 is 1. The van der Waals surface area contributed by atoms with Crippen molar-refractivity contribution in [2.24, 2.45) is 0 Å². The van der Waals surface area contributed by atoms with Gasteiger partial charge in [0.2, 0.25) is 0 Å². The number of hydrogen-bond donors (Lipinski definition) is 2. The minimum atomic E-state index is -1.03. The Balaban J connectivity index is 1.94. The number of ether oxygens (including phenoxy) is 1. The molecule has 33 heavy (non-hydrogen) atoms. The van der Waals surface area contributed by atoms with Gasteiger partial charge in [0, 0.05) is 23.4 Å². The van der Waals surface area contributed by atoms with Crippen LogP contribution in [0.25, 0.3) is 5.76 Å². The monoisotopic (exact) mass is 446 g/mol. The minimum Gasteiger partial charge on any atom is -0.507 e. The molecule has 0 bridgehead atoms. The molecule has 1 amide bonds. The summed E-state index contributed by atoms with van der Waals surface area (Å²) in [5, 5.41) is 32.0. The highest BCUT2D eigenvalue weighted by atomic mass is 16.6. The van der Waals surface area contributed by atoms with E-state index in [0.29, 0.717) is 11.3 Å². The summed E-state index contributed by atoms with van der Waals surface area (Å²) < 4.78 is 5.18. The van der Waals surface area contributed by atoms with Gasteiger partial charge in [-0.1, -0.05) is 24.3 Å². The number of phenolic OH excluding ortho intramolecular Hbond substituents is 1. The van der Waals surface area contributed by atoms with Crippen LogP contribution in [0.3, 0.4) is 0 Å². The fourth-order valence-electron chi connectivity index (χ4n) is 3.76. The van der Waals surface area contributed by atoms with Gasteiger partial charge >= 0.3 is 0 Å². The van der Waals surface area contributed by atoms with Crippen LogP contribution in [0.2, 0.25) is 0 Å². The lowest BCUT2D eigenvalue weighted by molar-refractivity contribution is -0.384. The lowest BCUT2D eigenvalue weighted by Gasteiger charge is -2.25. The summed E-state index contributed by atoms with van der Waals surface area (Å²) in [6.07, 6.45) is 0. The highest BCUT2D eigenvalue weighted by Gasteiger charge is 2.47. The van der Waals surface area contributed by atoms with Gasteiger partial charge in [-0.15, -0.1) is 0 Å². The number of carbonyl (C=O) groups excluding carboxylic acids is 2. The van der Waals surface area contributed by atoms with Crippen LogP contribution in [-0.2, 0) is 9.59 Å². The average molecular weight is 446 g/mol. The van der Waals surface area contributed by atoms with Crippen molar-refractivity contribution in [2.75, 3.05) is 12.0 Å². The van der Waals surface area contributed by atoms with E-state index in [1.807, 2.05) is 0 Å². The molecule has 9 nitrogen and oxygen atoms in total. The number of nitrogens with zero attached hydrogens (tertiary/aromatic N) is 2. The normalized spacial score (nSPS) is 17.2. The molecule has 0 spiro atoms. The van der Waals surface area contributed by atoms with Crippen LogP contribution in [0.4, 0.5) is 11.4 Å². The Kier molecular flexibility index (Phi) is 5.53. The number of rotatable bonds is 5. The quantitative estimate of drug-likeness (QED) is 0.200. The van der Waals surface area contributed by atoms with Crippen molar-refractivity contribution in [1.29, 1.82) is 0 Å². The van der Waals surface area contributed by atoms with Crippen LogP contribution in [-0.4, -0.2) is 33.9 Å². The van der Waals surface area contributed by atoms with Crippen LogP contribution in [0, 0.1) is 10.1 Å². The van der Waals surface area contributed by atoms with Gasteiger partial charge < -0.3 is 14.9 Å². The SMILES string of the molecule is COc1cc([C@H]2/C(=C(\O)c3ccc([N+](=O)[O-])cc3)C(=O)C(=O)N2c2ccccc2)ccc1O. The van der Waals surface area contributed by atoms with E-state index in [1.165, 1.54) is 54.5 Å². The third-order valence-electron chi connectivity index (χ3n) is 5.35. The summed E-state index contributed by atoms with van der Waals surface area (Å²) in [6, 6.07) is 16.8. The van der Waals surface area contributed by atoms with E-state index in [1.54, 1.807) is 30.3 Å². The lowest BCUT2D eigenvalue weighted by Crippen LogP contribution is -2.29. The summed E-state index contributed by atoms with van der Waals surface area (Å²) in [6.45, 7) is 0. The Morgan fingerprint density at radius 3 is 2.30 bits per heavy atom. The molecule has 1 fully saturated rings. The zero-order chi connectivity index (χ0) is 23.7. The molecule has 1 heterocycles. The number of carbonyl (C=O) groups is 2. The zero-order valence-corrected chi connectivity index (χ0v) is 17.3. The van der Waals surface area contributed by atoms with Crippen molar-refractivity contribution in [1.82, 2.24) is 0 Å². The number of ketones is 1. The Bertz CT molecular complexity index is 1280. The number of aliphatic hydroxyl groups excluding tert-OH is 1. The van der Waals surface area contributed by atoms with Gasteiger partial charge in [-0.3, -0.25) is 24.6 Å². The Morgan fingerprint density at radius 1 is 1.03 bits per heavy atom. The molecule has 1 atom stereocenters. The molecule has 166 valence electrons. The molecule has 1 aliphatic rings. The number of nitro benzene ring substituents is 1. The molecule has 4 rings (SSSR count). The average Bonchev–Trinajstić information content (AvgIpc) is 3.10. The topological polar surface area (TPSA) is 130 Å². The molecule has 0 radical (unpaired) electrons. The number of aromatic hydroxyl groups is 1. The van der Waals surface area contributed by atoms with E-state index in [-0.39, 0.29) is 28.3 Å². The van der Waals surface area contributed by atoms with E-state index >= 15 is 0 Å². The summed E-state index contributed by atoms with van der Waals surface area (Å²) in [5.74, 6) is -2.23. The van der Waals surface area contributed by atoms with Gasteiger partial charge in [0.05, 0.1) is 23.6 Å². The van der Waals surface area contributed by atoms with Crippen LogP contribution in [0.1, 0.15) is 17.2 Å². The Morgan fingerprint density at radius 2 is 1.70 bits per heavy atom. The third-order valence-corrected chi connectivity index (χ3v) is 5.35. The van der Waals surface area contributed by atoms with Gasteiger partial charge in [-0.25, -0.2) is 0 Å². The summed E-state index contributed by atoms with van der Waals surface area (Å²) >= 11 is 0. The first-order valence-corrected chi connectivity index (χ1v) is 9.81. The van der Waals surface area contributed by atoms with E-state index in [4.69, 9.17) is 4.74 Å². The molecule has 1 saturated heterocycles. The smallest absolute Gasteiger partial charge is 0.300 e. The molecule has 1 aliphatic heterocycles. The highest BCUT2D eigenvalue weighted by Crippen LogP contribution is 2.43. The van der Waals surface area contributed by atoms with E-state index in [0.717, 1.165) is 0 Å². The fourth-order valence-corrected chi connectivity index (χ4v) is 3.76.